The number of carbonyl (C=O) groups excluding carboxylic acids is 1. The molecule has 0 spiro atoms. The molecule has 0 bridgehead atoms. The number of rotatable bonds is 2. The molecule has 4 heteroatoms. The first kappa shape index (κ1) is 9.13. The molecule has 0 aliphatic rings. The summed E-state index contributed by atoms with van der Waals surface area (Å²) >= 11 is 5.51. The van der Waals surface area contributed by atoms with E-state index in [-0.39, 0.29) is 5.91 Å². The van der Waals surface area contributed by atoms with E-state index in [2.05, 4.69) is 0 Å². The molecule has 1 aromatic heterocycles. The molecule has 66 valence electrons. The van der Waals surface area contributed by atoms with Crippen LogP contribution in [0.2, 0.25) is 0 Å². The first-order chi connectivity index (χ1) is 5.65. The predicted octanol–water partition coefficient (Wildman–Crippen LogP) is 1.72. The minimum absolute atomic E-state index is 0.147. The minimum atomic E-state index is -0.147. The number of hydrogen-bond acceptors (Lipinski definition) is 2. The number of carbonyl (C=O) groups is 1. The Balaban J connectivity index is 2.82. The van der Waals surface area contributed by atoms with Gasteiger partial charge in [-0.3, -0.25) is 4.79 Å². The van der Waals surface area contributed by atoms with Crippen LogP contribution in [0, 0.1) is 0 Å². The lowest BCUT2D eigenvalue weighted by Gasteiger charge is -2.06. The molecule has 3 nitrogen and oxygen atoms in total. The van der Waals surface area contributed by atoms with Crippen molar-refractivity contribution in [3.8, 4) is 0 Å². The highest BCUT2D eigenvalue weighted by Gasteiger charge is 2.11. The molecule has 0 aliphatic heterocycles. The topological polar surface area (TPSA) is 33.5 Å². The van der Waals surface area contributed by atoms with Crippen molar-refractivity contribution in [3.63, 3.8) is 0 Å². The normalized spacial score (nSPS) is 9.92. The van der Waals surface area contributed by atoms with Gasteiger partial charge in [0.25, 0.3) is 5.91 Å². The van der Waals surface area contributed by atoms with E-state index in [0.29, 0.717) is 17.4 Å². The van der Waals surface area contributed by atoms with E-state index < -0.39 is 0 Å². The van der Waals surface area contributed by atoms with Crippen molar-refractivity contribution in [2.45, 2.75) is 5.88 Å². The van der Waals surface area contributed by atoms with Crippen LogP contribution in [0.1, 0.15) is 16.3 Å². The van der Waals surface area contributed by atoms with Gasteiger partial charge >= 0.3 is 0 Å². The Hall–Kier alpha value is -0.960. The van der Waals surface area contributed by atoms with E-state index in [1.54, 1.807) is 26.2 Å². The van der Waals surface area contributed by atoms with Crippen LogP contribution >= 0.6 is 11.6 Å². The van der Waals surface area contributed by atoms with Crippen LogP contribution in [0.3, 0.4) is 0 Å². The van der Waals surface area contributed by atoms with Crippen molar-refractivity contribution < 1.29 is 9.21 Å². The molecule has 0 atom stereocenters. The van der Waals surface area contributed by atoms with Crippen LogP contribution in [-0.2, 0) is 5.88 Å². The molecule has 0 radical (unpaired) electrons. The molecule has 0 saturated heterocycles. The monoisotopic (exact) mass is 187 g/mol. The third kappa shape index (κ3) is 1.80. The molecule has 0 aromatic carbocycles. The largest absolute Gasteiger partial charge is 0.455 e. The van der Waals surface area contributed by atoms with Gasteiger partial charge in [-0.25, -0.2) is 0 Å². The summed E-state index contributed by atoms with van der Waals surface area (Å²) in [6, 6.07) is 3.32. The van der Waals surface area contributed by atoms with Gasteiger partial charge in [0, 0.05) is 14.1 Å². The second kappa shape index (κ2) is 3.63. The van der Waals surface area contributed by atoms with Crippen molar-refractivity contribution in [3.05, 3.63) is 23.7 Å². The first-order valence-electron chi connectivity index (χ1n) is 3.51. The second-order valence-corrected chi connectivity index (χ2v) is 2.87. The summed E-state index contributed by atoms with van der Waals surface area (Å²) in [4.78, 5) is 12.7. The van der Waals surface area contributed by atoms with Gasteiger partial charge in [0.15, 0.2) is 5.76 Å². The minimum Gasteiger partial charge on any atom is -0.455 e. The van der Waals surface area contributed by atoms with Gasteiger partial charge in [0.2, 0.25) is 0 Å². The van der Waals surface area contributed by atoms with E-state index in [4.69, 9.17) is 16.0 Å². The van der Waals surface area contributed by atoms with Crippen LogP contribution in [0.5, 0.6) is 0 Å². The Labute approximate surface area is 75.9 Å². The lowest BCUT2D eigenvalue weighted by Crippen LogP contribution is -2.20. The maximum atomic E-state index is 11.3. The fourth-order valence-electron chi connectivity index (χ4n) is 0.785. The molecule has 1 heterocycles. The smallest absolute Gasteiger partial charge is 0.289 e. The van der Waals surface area contributed by atoms with Gasteiger partial charge in [-0.1, -0.05) is 0 Å². The van der Waals surface area contributed by atoms with E-state index in [9.17, 15) is 4.79 Å². The summed E-state index contributed by atoms with van der Waals surface area (Å²) in [5.74, 6) is 1.09. The molecular formula is C8H10ClNO2. The average molecular weight is 188 g/mol. The molecule has 12 heavy (non-hydrogen) atoms. The van der Waals surface area contributed by atoms with E-state index in [0.717, 1.165) is 0 Å². The lowest BCUT2D eigenvalue weighted by molar-refractivity contribution is 0.0795. The summed E-state index contributed by atoms with van der Waals surface area (Å²) in [7, 11) is 3.34. The average Bonchev–Trinajstić information content (AvgIpc) is 2.50. The lowest BCUT2D eigenvalue weighted by atomic mass is 10.4. The highest BCUT2D eigenvalue weighted by molar-refractivity contribution is 6.16. The highest BCUT2D eigenvalue weighted by Crippen LogP contribution is 2.11. The number of halogens is 1. The zero-order valence-corrected chi connectivity index (χ0v) is 7.76. The van der Waals surface area contributed by atoms with Gasteiger partial charge in [-0.15, -0.1) is 11.6 Å². The number of alkyl halides is 1. The van der Waals surface area contributed by atoms with Gasteiger partial charge in [0.1, 0.15) is 5.76 Å². The van der Waals surface area contributed by atoms with Crippen molar-refractivity contribution in [2.75, 3.05) is 14.1 Å². The summed E-state index contributed by atoms with van der Waals surface area (Å²) < 4.78 is 5.13. The van der Waals surface area contributed by atoms with Crippen molar-refractivity contribution in [2.24, 2.45) is 0 Å². The van der Waals surface area contributed by atoms with Crippen molar-refractivity contribution in [1.82, 2.24) is 4.90 Å². The maximum absolute atomic E-state index is 11.3. The van der Waals surface area contributed by atoms with E-state index >= 15 is 0 Å². The van der Waals surface area contributed by atoms with Crippen LogP contribution in [0.15, 0.2) is 16.5 Å². The fourth-order valence-corrected chi connectivity index (χ4v) is 0.929. The SMILES string of the molecule is CN(C)C(=O)c1ccc(CCl)o1. The molecule has 1 rings (SSSR count). The Bertz CT molecular complexity index is 280. The van der Waals surface area contributed by atoms with Gasteiger partial charge < -0.3 is 9.32 Å². The molecule has 0 unspecified atom stereocenters. The molecule has 0 saturated carbocycles. The van der Waals surface area contributed by atoms with E-state index in [1.807, 2.05) is 0 Å². The quantitative estimate of drug-likeness (QED) is 0.661. The summed E-state index contributed by atoms with van der Waals surface area (Å²) in [5.41, 5.74) is 0. The Kier molecular flexibility index (Phi) is 2.76. The van der Waals surface area contributed by atoms with E-state index in [1.165, 1.54) is 4.90 Å². The maximum Gasteiger partial charge on any atom is 0.289 e. The van der Waals surface area contributed by atoms with Crippen LogP contribution in [-0.4, -0.2) is 24.9 Å². The first-order valence-corrected chi connectivity index (χ1v) is 4.05. The zero-order chi connectivity index (χ0) is 9.14. The second-order valence-electron chi connectivity index (χ2n) is 2.60. The van der Waals surface area contributed by atoms with Gasteiger partial charge in [-0.05, 0) is 12.1 Å². The highest BCUT2D eigenvalue weighted by atomic mass is 35.5. The summed E-state index contributed by atoms with van der Waals surface area (Å²) in [6.07, 6.45) is 0. The molecule has 1 amide bonds. The standard InChI is InChI=1S/C8H10ClNO2/c1-10(2)8(11)7-4-3-6(5-9)12-7/h3-4H,5H2,1-2H3. The van der Waals surface area contributed by atoms with Crippen molar-refractivity contribution >= 4 is 17.5 Å². The summed E-state index contributed by atoms with van der Waals surface area (Å²) in [6.45, 7) is 0. The molecule has 0 N–H and O–H groups in total. The molecule has 0 aliphatic carbocycles. The molecule has 1 aromatic rings. The Morgan fingerprint density at radius 2 is 2.25 bits per heavy atom. The van der Waals surface area contributed by atoms with Crippen LogP contribution in [0.25, 0.3) is 0 Å². The molecular weight excluding hydrogens is 178 g/mol. The number of nitrogens with zero attached hydrogens (tertiary/aromatic N) is 1. The predicted molar refractivity (Wildman–Crippen MR) is 46.3 cm³/mol. The number of furan rings is 1. The van der Waals surface area contributed by atoms with Crippen molar-refractivity contribution in [1.29, 1.82) is 0 Å². The summed E-state index contributed by atoms with van der Waals surface area (Å²) in [5, 5.41) is 0. The Morgan fingerprint density at radius 3 is 2.67 bits per heavy atom. The number of hydrogen-bond donors (Lipinski definition) is 0. The van der Waals surface area contributed by atoms with Crippen LogP contribution in [0.4, 0.5) is 0 Å². The zero-order valence-electron chi connectivity index (χ0n) is 7.00. The number of amides is 1. The van der Waals surface area contributed by atoms with Crippen LogP contribution < -0.4 is 0 Å². The van der Waals surface area contributed by atoms with Gasteiger partial charge in [0.05, 0.1) is 5.88 Å². The third-order valence-electron chi connectivity index (χ3n) is 1.41. The Morgan fingerprint density at radius 1 is 1.58 bits per heavy atom. The third-order valence-corrected chi connectivity index (χ3v) is 1.67. The van der Waals surface area contributed by atoms with Gasteiger partial charge in [-0.2, -0.15) is 0 Å². The fraction of sp³-hybridized carbons (Fsp3) is 0.375. The molecule has 0 fully saturated rings.